The predicted octanol–water partition coefficient (Wildman–Crippen LogP) is 3.90. The lowest BCUT2D eigenvalue weighted by Gasteiger charge is -2.40. The monoisotopic (exact) mass is 316 g/mol. The van der Waals surface area contributed by atoms with Crippen LogP contribution in [0.15, 0.2) is 11.6 Å². The largest absolute Gasteiger partial charge is 0.412 e. The quantitative estimate of drug-likeness (QED) is 0.732. The number of rotatable bonds is 4. The highest BCUT2D eigenvalue weighted by molar-refractivity contribution is 6.74. The van der Waals surface area contributed by atoms with Crippen molar-refractivity contribution in [2.75, 3.05) is 0 Å². The van der Waals surface area contributed by atoms with Gasteiger partial charge in [-0.05, 0) is 30.6 Å². The van der Waals surface area contributed by atoms with Crippen LogP contribution in [-0.4, -0.2) is 33.9 Å². The molecule has 0 saturated carbocycles. The Kier molecular flexibility index (Phi) is 5.62. The number of hydrogen-bond donors (Lipinski definition) is 0. The second-order valence-corrected chi connectivity index (χ2v) is 12.6. The van der Waals surface area contributed by atoms with Crippen molar-refractivity contribution in [3.8, 4) is 0 Å². The summed E-state index contributed by atoms with van der Waals surface area (Å²) in [5, 5.41) is 0.215. The zero-order valence-corrected chi connectivity index (χ0v) is 16.0. The number of halogens is 1. The van der Waals surface area contributed by atoms with Crippen LogP contribution in [0, 0.1) is 5.92 Å². The van der Waals surface area contributed by atoms with E-state index in [1.807, 2.05) is 6.08 Å². The normalized spacial score (nSPS) is 35.9. The molecule has 1 fully saturated rings. The summed E-state index contributed by atoms with van der Waals surface area (Å²) in [7, 11) is 0.330. The number of ether oxygens (including phenoxy) is 1. The number of hydrogen-bond acceptors (Lipinski definition) is 2. The van der Waals surface area contributed by atoms with E-state index < -0.39 is 8.32 Å². The summed E-state index contributed by atoms with van der Waals surface area (Å²) >= 11 is 5.82. The first-order valence-corrected chi connectivity index (χ1v) is 11.0. The van der Waals surface area contributed by atoms with Gasteiger partial charge in [0, 0.05) is 11.5 Å². The van der Waals surface area contributed by atoms with Crippen molar-refractivity contribution < 1.29 is 9.16 Å². The standard InChI is InChI=1S/C15H30BClO2Si/c1-8-15(9-10-17)11(2)12(13(16)18-15)19-20(6,7)14(3,4)5/h9-13H,8,16H2,1-7H3/b10-9-/t11-,12+,13+,15-/m0/s1. The topological polar surface area (TPSA) is 18.5 Å². The van der Waals surface area contributed by atoms with Gasteiger partial charge in [0.1, 0.15) is 7.85 Å². The van der Waals surface area contributed by atoms with Crippen LogP contribution in [0.25, 0.3) is 0 Å². The third-order valence-electron chi connectivity index (χ3n) is 5.27. The van der Waals surface area contributed by atoms with Crippen molar-refractivity contribution in [3.63, 3.8) is 0 Å². The maximum Gasteiger partial charge on any atom is 0.192 e. The zero-order chi connectivity index (χ0) is 15.8. The van der Waals surface area contributed by atoms with Crippen LogP contribution in [0.4, 0.5) is 0 Å². The maximum absolute atomic E-state index is 6.63. The Bertz CT molecular complexity index is 367. The highest BCUT2D eigenvalue weighted by atomic mass is 35.5. The highest BCUT2D eigenvalue weighted by Gasteiger charge is 2.52. The predicted molar refractivity (Wildman–Crippen MR) is 92.7 cm³/mol. The minimum atomic E-state index is -1.79. The lowest BCUT2D eigenvalue weighted by Crippen LogP contribution is -2.48. The molecule has 1 aliphatic heterocycles. The molecule has 0 aromatic rings. The molecule has 2 nitrogen and oxygen atoms in total. The van der Waals surface area contributed by atoms with E-state index in [4.69, 9.17) is 20.8 Å². The van der Waals surface area contributed by atoms with E-state index in [2.05, 4.69) is 55.6 Å². The van der Waals surface area contributed by atoms with Crippen molar-refractivity contribution in [1.29, 1.82) is 0 Å². The van der Waals surface area contributed by atoms with Crippen molar-refractivity contribution in [2.24, 2.45) is 5.92 Å². The molecule has 0 spiro atoms. The van der Waals surface area contributed by atoms with E-state index in [9.17, 15) is 0 Å². The Balaban J connectivity index is 2.98. The van der Waals surface area contributed by atoms with Crippen LogP contribution in [0.5, 0.6) is 0 Å². The lowest BCUT2D eigenvalue weighted by molar-refractivity contribution is 0.00418. The molecule has 0 aliphatic carbocycles. The van der Waals surface area contributed by atoms with Gasteiger partial charge in [0.15, 0.2) is 8.32 Å². The molecule has 20 heavy (non-hydrogen) atoms. The second kappa shape index (κ2) is 6.15. The average Bonchev–Trinajstić information content (AvgIpc) is 2.53. The molecular weight excluding hydrogens is 287 g/mol. The Morgan fingerprint density at radius 2 is 1.95 bits per heavy atom. The molecule has 116 valence electrons. The van der Waals surface area contributed by atoms with Crippen LogP contribution in [0.2, 0.25) is 18.1 Å². The minimum absolute atomic E-state index is 0.104. The summed E-state index contributed by atoms with van der Waals surface area (Å²) in [5.74, 6) is 0.312. The van der Waals surface area contributed by atoms with Crippen molar-refractivity contribution >= 4 is 27.8 Å². The van der Waals surface area contributed by atoms with Gasteiger partial charge in [-0.1, -0.05) is 46.2 Å². The van der Waals surface area contributed by atoms with Crippen molar-refractivity contribution in [3.05, 3.63) is 11.6 Å². The molecule has 0 amide bonds. The van der Waals surface area contributed by atoms with Crippen LogP contribution >= 0.6 is 11.6 Å². The van der Waals surface area contributed by atoms with Gasteiger partial charge >= 0.3 is 0 Å². The van der Waals surface area contributed by atoms with E-state index in [0.717, 1.165) is 6.42 Å². The van der Waals surface area contributed by atoms with E-state index in [0.29, 0.717) is 5.92 Å². The molecule has 5 heteroatoms. The minimum Gasteiger partial charge on any atom is -0.412 e. The van der Waals surface area contributed by atoms with E-state index in [-0.39, 0.29) is 22.7 Å². The van der Waals surface area contributed by atoms with Gasteiger partial charge in [-0.3, -0.25) is 0 Å². The van der Waals surface area contributed by atoms with Crippen molar-refractivity contribution in [2.45, 2.75) is 76.9 Å². The SMILES string of the molecule is B[C@@H]1O[C@](/C=C\Cl)(CC)[C@@H](C)[C@H]1O[Si](C)(C)C(C)(C)C. The fraction of sp³-hybridized carbons (Fsp3) is 0.867. The maximum atomic E-state index is 6.63. The zero-order valence-electron chi connectivity index (χ0n) is 14.3. The van der Waals surface area contributed by atoms with Gasteiger partial charge in [-0.25, -0.2) is 0 Å². The van der Waals surface area contributed by atoms with Crippen LogP contribution < -0.4 is 0 Å². The molecule has 0 bridgehead atoms. The molecule has 1 saturated heterocycles. The summed E-state index contributed by atoms with van der Waals surface area (Å²) in [5.41, 5.74) is 1.30. The first-order valence-electron chi connectivity index (χ1n) is 7.64. The fourth-order valence-corrected chi connectivity index (χ4v) is 4.38. The first-order chi connectivity index (χ1) is 9.00. The molecular formula is C15H30BClO2Si. The Morgan fingerprint density at radius 1 is 1.40 bits per heavy atom. The van der Waals surface area contributed by atoms with Gasteiger partial charge in [-0.15, -0.1) is 0 Å². The summed E-state index contributed by atoms with van der Waals surface area (Å²) in [4.78, 5) is 0. The Morgan fingerprint density at radius 3 is 2.35 bits per heavy atom. The molecule has 0 radical (unpaired) electrons. The highest BCUT2D eigenvalue weighted by Crippen LogP contribution is 2.45. The van der Waals surface area contributed by atoms with Gasteiger partial charge < -0.3 is 9.16 Å². The van der Waals surface area contributed by atoms with E-state index >= 15 is 0 Å². The van der Waals surface area contributed by atoms with Crippen LogP contribution in [-0.2, 0) is 9.16 Å². The summed E-state index contributed by atoms with van der Waals surface area (Å²) < 4.78 is 12.9. The molecule has 4 atom stereocenters. The van der Waals surface area contributed by atoms with Crippen molar-refractivity contribution in [1.82, 2.24) is 0 Å². The van der Waals surface area contributed by atoms with Gasteiger partial charge in [0.2, 0.25) is 0 Å². The first kappa shape index (κ1) is 18.3. The summed E-state index contributed by atoms with van der Waals surface area (Å²) in [6, 6.07) is 0.104. The van der Waals surface area contributed by atoms with Crippen LogP contribution in [0.3, 0.4) is 0 Å². The van der Waals surface area contributed by atoms with Gasteiger partial charge in [0.25, 0.3) is 0 Å². The third kappa shape index (κ3) is 3.34. The smallest absolute Gasteiger partial charge is 0.192 e. The summed E-state index contributed by atoms with van der Waals surface area (Å²) in [6.45, 7) is 15.8. The molecule has 0 aromatic heterocycles. The van der Waals surface area contributed by atoms with E-state index in [1.54, 1.807) is 5.54 Å². The van der Waals surface area contributed by atoms with Gasteiger partial charge in [-0.2, -0.15) is 0 Å². The average molecular weight is 317 g/mol. The molecule has 1 heterocycles. The van der Waals surface area contributed by atoms with E-state index in [1.165, 1.54) is 0 Å². The Hall–Kier alpha value is 0.232. The second-order valence-electron chi connectivity index (χ2n) is 7.56. The Labute approximate surface area is 131 Å². The van der Waals surface area contributed by atoms with Crippen LogP contribution in [0.1, 0.15) is 41.0 Å². The molecule has 0 unspecified atom stereocenters. The summed E-state index contributed by atoms with van der Waals surface area (Å²) in [6.07, 6.45) is 3.05. The molecule has 1 aliphatic rings. The molecule has 0 aromatic carbocycles. The lowest BCUT2D eigenvalue weighted by atomic mass is 9.81. The third-order valence-corrected chi connectivity index (χ3v) is 9.87. The van der Waals surface area contributed by atoms with Gasteiger partial charge in [0.05, 0.1) is 17.7 Å². The molecule has 0 N–H and O–H groups in total. The molecule has 1 rings (SSSR count). The fourth-order valence-electron chi connectivity index (χ4n) is 2.74.